The second-order valence-electron chi connectivity index (χ2n) is 4.25. The van der Waals surface area contributed by atoms with Gasteiger partial charge in [-0.1, -0.05) is 13.3 Å². The predicted molar refractivity (Wildman–Crippen MR) is 72.7 cm³/mol. The highest BCUT2D eigenvalue weighted by molar-refractivity contribution is 5.89. The molecule has 0 unspecified atom stereocenters. The summed E-state index contributed by atoms with van der Waals surface area (Å²) < 4.78 is 0. The van der Waals surface area contributed by atoms with E-state index in [2.05, 4.69) is 21.9 Å². The van der Waals surface area contributed by atoms with E-state index in [0.717, 1.165) is 19.4 Å². The minimum Gasteiger partial charge on any atom is -0.368 e. The van der Waals surface area contributed by atoms with Crippen LogP contribution in [0.1, 0.15) is 19.8 Å². The average molecular weight is 247 g/mol. The summed E-state index contributed by atoms with van der Waals surface area (Å²) in [6, 6.07) is 1.73. The summed E-state index contributed by atoms with van der Waals surface area (Å²) in [6.07, 6.45) is 3.68. The molecule has 0 aliphatic carbocycles. The normalized spacial score (nSPS) is 10.8. The van der Waals surface area contributed by atoms with Crippen molar-refractivity contribution >= 4 is 22.7 Å². The number of rotatable bonds is 4. The lowest BCUT2D eigenvalue weighted by molar-refractivity contribution is 0.761. The van der Waals surface area contributed by atoms with E-state index in [9.17, 15) is 4.79 Å². The number of nitrogens with two attached hydrogens (primary N) is 1. The highest BCUT2D eigenvalue weighted by Gasteiger charge is 2.13. The largest absolute Gasteiger partial charge is 0.368 e. The number of anilines is 2. The molecule has 0 atom stereocenters. The highest BCUT2D eigenvalue weighted by atomic mass is 16.1. The van der Waals surface area contributed by atoms with E-state index in [1.54, 1.807) is 12.3 Å². The Morgan fingerprint density at radius 2 is 2.22 bits per heavy atom. The quantitative estimate of drug-likeness (QED) is 0.845. The van der Waals surface area contributed by atoms with Gasteiger partial charge in [-0.25, -0.2) is 4.98 Å². The Morgan fingerprint density at radius 3 is 2.94 bits per heavy atom. The average Bonchev–Trinajstić information content (AvgIpc) is 2.35. The zero-order valence-electron chi connectivity index (χ0n) is 10.6. The molecule has 0 aliphatic rings. The van der Waals surface area contributed by atoms with Crippen molar-refractivity contribution in [2.45, 2.75) is 19.8 Å². The molecule has 96 valence electrons. The molecule has 2 aromatic rings. The Balaban J connectivity index is 2.58. The molecule has 2 heterocycles. The van der Waals surface area contributed by atoms with E-state index in [-0.39, 0.29) is 11.5 Å². The van der Waals surface area contributed by atoms with Gasteiger partial charge in [0.1, 0.15) is 11.2 Å². The second kappa shape index (κ2) is 5.03. The molecule has 0 fully saturated rings. The van der Waals surface area contributed by atoms with Crippen LogP contribution in [0.2, 0.25) is 0 Å². The molecular formula is C12H17N5O. The van der Waals surface area contributed by atoms with Crippen LogP contribution >= 0.6 is 0 Å². The van der Waals surface area contributed by atoms with Crippen LogP contribution in [0.15, 0.2) is 17.1 Å². The van der Waals surface area contributed by atoms with Gasteiger partial charge < -0.3 is 15.6 Å². The number of nitrogens with zero attached hydrogens (tertiary/aromatic N) is 3. The van der Waals surface area contributed by atoms with Crippen LogP contribution in [-0.2, 0) is 0 Å². The molecule has 0 aromatic carbocycles. The van der Waals surface area contributed by atoms with Gasteiger partial charge in [0.15, 0.2) is 0 Å². The maximum absolute atomic E-state index is 11.9. The van der Waals surface area contributed by atoms with Crippen molar-refractivity contribution in [2.75, 3.05) is 24.2 Å². The summed E-state index contributed by atoms with van der Waals surface area (Å²) >= 11 is 0. The van der Waals surface area contributed by atoms with Crippen LogP contribution in [0.5, 0.6) is 0 Å². The third-order valence-electron chi connectivity index (χ3n) is 2.83. The van der Waals surface area contributed by atoms with E-state index in [1.807, 2.05) is 11.9 Å². The molecule has 0 spiro atoms. The van der Waals surface area contributed by atoms with E-state index >= 15 is 0 Å². The molecule has 0 amide bonds. The Morgan fingerprint density at radius 1 is 1.44 bits per heavy atom. The number of pyridine rings is 1. The van der Waals surface area contributed by atoms with Crippen LogP contribution < -0.4 is 16.2 Å². The monoisotopic (exact) mass is 247 g/mol. The van der Waals surface area contributed by atoms with Gasteiger partial charge in [-0.05, 0) is 12.5 Å². The number of fused-ring (bicyclic) bond motifs is 1. The van der Waals surface area contributed by atoms with Crippen LogP contribution in [0, 0.1) is 0 Å². The van der Waals surface area contributed by atoms with Crippen molar-refractivity contribution in [3.05, 3.63) is 22.6 Å². The van der Waals surface area contributed by atoms with Gasteiger partial charge in [0, 0.05) is 19.8 Å². The zero-order valence-corrected chi connectivity index (χ0v) is 10.6. The molecule has 0 saturated heterocycles. The molecular weight excluding hydrogens is 230 g/mol. The van der Waals surface area contributed by atoms with Crippen LogP contribution in [0.25, 0.3) is 10.9 Å². The van der Waals surface area contributed by atoms with E-state index in [0.29, 0.717) is 16.7 Å². The zero-order chi connectivity index (χ0) is 13.1. The Labute approximate surface area is 105 Å². The Hall–Kier alpha value is -2.11. The number of nitrogen functional groups attached to an aromatic ring is 1. The van der Waals surface area contributed by atoms with Crippen molar-refractivity contribution in [3.63, 3.8) is 0 Å². The number of nitrogens with one attached hydrogen (secondary N) is 1. The van der Waals surface area contributed by atoms with E-state index in [1.165, 1.54) is 0 Å². The van der Waals surface area contributed by atoms with Crippen LogP contribution in [0.3, 0.4) is 0 Å². The standard InChI is InChI=1S/C12H17N5O/c1-3-4-7-17(2)10-9-8(15-12(13)16-10)5-6-14-11(9)18/h5-6H,3-4,7H2,1-2H3,(H,14,18)(H2,13,15,16). The molecule has 0 radical (unpaired) electrons. The number of aromatic nitrogens is 3. The molecule has 6 heteroatoms. The SMILES string of the molecule is CCCCN(C)c1nc(N)nc2cc[nH]c(=O)c12. The first-order chi connectivity index (χ1) is 8.63. The molecule has 0 bridgehead atoms. The molecule has 2 rings (SSSR count). The predicted octanol–water partition coefficient (Wildman–Crippen LogP) is 1.14. The van der Waals surface area contributed by atoms with Crippen LogP contribution in [-0.4, -0.2) is 28.5 Å². The minimum absolute atomic E-state index is 0.187. The minimum atomic E-state index is -0.189. The number of hydrogen-bond acceptors (Lipinski definition) is 5. The van der Waals surface area contributed by atoms with Gasteiger partial charge in [-0.2, -0.15) is 4.98 Å². The first kappa shape index (κ1) is 12.3. The summed E-state index contributed by atoms with van der Waals surface area (Å²) in [4.78, 5) is 24.7. The van der Waals surface area contributed by atoms with E-state index in [4.69, 9.17) is 5.73 Å². The maximum atomic E-state index is 11.9. The lowest BCUT2D eigenvalue weighted by Gasteiger charge is -2.19. The summed E-state index contributed by atoms with van der Waals surface area (Å²) in [5, 5.41) is 0.491. The van der Waals surface area contributed by atoms with Gasteiger partial charge in [0.05, 0.1) is 5.52 Å². The number of unbranched alkanes of at least 4 members (excludes halogenated alkanes) is 1. The van der Waals surface area contributed by atoms with Crippen molar-refractivity contribution in [2.24, 2.45) is 0 Å². The fourth-order valence-corrected chi connectivity index (χ4v) is 1.87. The summed E-state index contributed by atoms with van der Waals surface area (Å²) in [7, 11) is 1.91. The smallest absolute Gasteiger partial charge is 0.261 e. The van der Waals surface area contributed by atoms with Gasteiger partial charge in [-0.3, -0.25) is 4.79 Å². The molecule has 3 N–H and O–H groups in total. The first-order valence-corrected chi connectivity index (χ1v) is 5.99. The third-order valence-corrected chi connectivity index (χ3v) is 2.83. The van der Waals surface area contributed by atoms with Crippen molar-refractivity contribution < 1.29 is 0 Å². The molecule has 0 saturated carbocycles. The van der Waals surface area contributed by atoms with Gasteiger partial charge in [-0.15, -0.1) is 0 Å². The number of hydrogen-bond donors (Lipinski definition) is 2. The maximum Gasteiger partial charge on any atom is 0.261 e. The summed E-state index contributed by atoms with van der Waals surface area (Å²) in [6.45, 7) is 2.95. The molecule has 18 heavy (non-hydrogen) atoms. The molecule has 0 aliphatic heterocycles. The molecule has 2 aromatic heterocycles. The number of aromatic amines is 1. The lowest BCUT2D eigenvalue weighted by Crippen LogP contribution is -2.23. The van der Waals surface area contributed by atoms with Gasteiger partial charge >= 0.3 is 0 Å². The number of H-pyrrole nitrogens is 1. The fraction of sp³-hybridized carbons (Fsp3) is 0.417. The first-order valence-electron chi connectivity index (χ1n) is 5.99. The van der Waals surface area contributed by atoms with Gasteiger partial charge in [0.2, 0.25) is 5.95 Å². The Bertz CT molecular complexity index is 607. The van der Waals surface area contributed by atoms with Crippen molar-refractivity contribution in [3.8, 4) is 0 Å². The van der Waals surface area contributed by atoms with Crippen LogP contribution in [0.4, 0.5) is 11.8 Å². The highest BCUT2D eigenvalue weighted by Crippen LogP contribution is 2.20. The summed E-state index contributed by atoms with van der Waals surface area (Å²) in [5.41, 5.74) is 6.06. The van der Waals surface area contributed by atoms with E-state index < -0.39 is 0 Å². The van der Waals surface area contributed by atoms with Crippen molar-refractivity contribution in [1.82, 2.24) is 15.0 Å². The third kappa shape index (κ3) is 2.27. The van der Waals surface area contributed by atoms with Gasteiger partial charge in [0.25, 0.3) is 5.56 Å². The summed E-state index contributed by atoms with van der Waals surface area (Å²) in [5.74, 6) is 0.777. The van der Waals surface area contributed by atoms with Crippen molar-refractivity contribution in [1.29, 1.82) is 0 Å². The second-order valence-corrected chi connectivity index (χ2v) is 4.25. The lowest BCUT2D eigenvalue weighted by atomic mass is 10.2. The molecule has 6 nitrogen and oxygen atoms in total. The topological polar surface area (TPSA) is 87.9 Å². The Kier molecular flexibility index (Phi) is 3.45. The fourth-order valence-electron chi connectivity index (χ4n) is 1.87.